The van der Waals surface area contributed by atoms with E-state index < -0.39 is 18.8 Å². The number of nitrogens with zero attached hydrogens (tertiary/aromatic N) is 5. The molecule has 0 bridgehead atoms. The zero-order valence-electron chi connectivity index (χ0n) is 14.3. The Balaban J connectivity index is 1.65. The number of amides is 1. The van der Waals surface area contributed by atoms with E-state index in [1.165, 1.54) is 17.4 Å². The number of carbonyl (C=O) groups is 1. The molecule has 0 radical (unpaired) electrons. The number of anilines is 1. The number of fused-ring (bicyclic) bond motifs is 1. The van der Waals surface area contributed by atoms with E-state index in [2.05, 4.69) is 20.4 Å². The van der Waals surface area contributed by atoms with E-state index in [0.717, 1.165) is 4.68 Å². The summed E-state index contributed by atoms with van der Waals surface area (Å²) in [5, 5.41) is 7.27. The number of carbonyl (C=O) groups excluding carboxylic acids is 1. The fourth-order valence-electron chi connectivity index (χ4n) is 2.83. The molecule has 0 saturated carbocycles. The molecule has 2 aromatic heterocycles. The fraction of sp³-hybridized carbons (Fsp3) is 0.600. The average Bonchev–Trinajstić information content (AvgIpc) is 3.16. The Kier molecular flexibility index (Phi) is 4.99. The van der Waals surface area contributed by atoms with Crippen molar-refractivity contribution in [2.75, 3.05) is 26.0 Å². The van der Waals surface area contributed by atoms with Gasteiger partial charge in [-0.1, -0.05) is 0 Å². The SMILES string of the molecule is CN(C)C(=O)C1CCC(CNc2ncnc3nn(CC(F)(F)F)cc23)O1. The van der Waals surface area contributed by atoms with Gasteiger partial charge in [-0.05, 0) is 12.8 Å². The molecule has 0 spiro atoms. The summed E-state index contributed by atoms with van der Waals surface area (Å²) in [5.41, 5.74) is 0.180. The lowest BCUT2D eigenvalue weighted by Gasteiger charge is -2.17. The van der Waals surface area contributed by atoms with Crippen molar-refractivity contribution in [1.29, 1.82) is 0 Å². The van der Waals surface area contributed by atoms with Gasteiger partial charge >= 0.3 is 6.18 Å². The van der Waals surface area contributed by atoms with Gasteiger partial charge in [0, 0.05) is 26.8 Å². The van der Waals surface area contributed by atoms with Gasteiger partial charge in [0.1, 0.15) is 24.8 Å². The molecular formula is C15H19F3N6O2. The number of likely N-dealkylation sites (N-methyl/N-ethyl adjacent to an activating group) is 1. The molecule has 2 unspecified atom stereocenters. The average molecular weight is 372 g/mol. The van der Waals surface area contributed by atoms with Gasteiger partial charge < -0.3 is 15.0 Å². The van der Waals surface area contributed by atoms with E-state index in [-0.39, 0.29) is 17.7 Å². The zero-order chi connectivity index (χ0) is 18.9. The van der Waals surface area contributed by atoms with E-state index >= 15 is 0 Å². The number of nitrogens with one attached hydrogen (secondary N) is 1. The Hall–Kier alpha value is -2.43. The van der Waals surface area contributed by atoms with Crippen LogP contribution in [0, 0.1) is 0 Å². The van der Waals surface area contributed by atoms with Gasteiger partial charge in [0.25, 0.3) is 5.91 Å². The summed E-state index contributed by atoms with van der Waals surface area (Å²) in [5.74, 6) is 0.305. The number of hydrogen-bond donors (Lipinski definition) is 1. The van der Waals surface area contributed by atoms with Crippen molar-refractivity contribution in [1.82, 2.24) is 24.6 Å². The molecule has 3 rings (SSSR count). The first-order chi connectivity index (χ1) is 12.2. The number of rotatable bonds is 5. The first kappa shape index (κ1) is 18.4. The first-order valence-corrected chi connectivity index (χ1v) is 8.08. The van der Waals surface area contributed by atoms with Crippen LogP contribution in [0.2, 0.25) is 0 Å². The molecule has 1 amide bonds. The van der Waals surface area contributed by atoms with Crippen LogP contribution in [-0.2, 0) is 16.1 Å². The number of ether oxygens (including phenoxy) is 1. The van der Waals surface area contributed by atoms with Crippen LogP contribution in [0.4, 0.5) is 19.0 Å². The third-order valence-corrected chi connectivity index (χ3v) is 4.03. The summed E-state index contributed by atoms with van der Waals surface area (Å²) < 4.78 is 44.1. The summed E-state index contributed by atoms with van der Waals surface area (Å²) in [6.45, 7) is -0.809. The monoisotopic (exact) mass is 372 g/mol. The van der Waals surface area contributed by atoms with Crippen molar-refractivity contribution < 1.29 is 22.7 Å². The lowest BCUT2D eigenvalue weighted by molar-refractivity contribution is -0.142. The van der Waals surface area contributed by atoms with E-state index in [1.54, 1.807) is 14.1 Å². The Morgan fingerprint density at radius 3 is 2.85 bits per heavy atom. The standard InChI is InChI=1S/C15H19F3N6O2/c1-23(2)14(25)11-4-3-9(26-11)5-19-12-10-6-24(7-15(16,17)18)22-13(10)21-8-20-12/h6,8-9,11H,3-5,7H2,1-2H3,(H,19,20,21,22). The highest BCUT2D eigenvalue weighted by Gasteiger charge is 2.32. The highest BCUT2D eigenvalue weighted by Crippen LogP contribution is 2.24. The van der Waals surface area contributed by atoms with Crippen LogP contribution in [0.1, 0.15) is 12.8 Å². The van der Waals surface area contributed by atoms with Gasteiger partial charge in [0.15, 0.2) is 5.65 Å². The molecule has 0 aromatic carbocycles. The molecule has 8 nitrogen and oxygen atoms in total. The number of aromatic nitrogens is 4. The number of hydrogen-bond acceptors (Lipinski definition) is 6. The Morgan fingerprint density at radius 1 is 1.38 bits per heavy atom. The molecule has 0 aliphatic carbocycles. The van der Waals surface area contributed by atoms with Crippen molar-refractivity contribution >= 4 is 22.8 Å². The van der Waals surface area contributed by atoms with E-state index in [0.29, 0.717) is 30.6 Å². The normalized spacial score (nSPS) is 20.5. The molecular weight excluding hydrogens is 353 g/mol. The molecule has 1 saturated heterocycles. The molecule has 142 valence electrons. The molecule has 2 aromatic rings. The van der Waals surface area contributed by atoms with Crippen LogP contribution in [0.25, 0.3) is 11.0 Å². The van der Waals surface area contributed by atoms with Crippen molar-refractivity contribution in [3.63, 3.8) is 0 Å². The smallest absolute Gasteiger partial charge is 0.367 e. The second kappa shape index (κ2) is 7.06. The summed E-state index contributed by atoms with van der Waals surface area (Å²) >= 11 is 0. The maximum Gasteiger partial charge on any atom is 0.408 e. The fourth-order valence-corrected chi connectivity index (χ4v) is 2.83. The van der Waals surface area contributed by atoms with Crippen LogP contribution in [-0.4, -0.2) is 69.6 Å². The predicted octanol–water partition coefficient (Wildman–Crippen LogP) is 1.44. The van der Waals surface area contributed by atoms with Gasteiger partial charge in [-0.3, -0.25) is 9.48 Å². The lowest BCUT2D eigenvalue weighted by Crippen LogP contribution is -2.34. The van der Waals surface area contributed by atoms with Crippen molar-refractivity contribution in [3.8, 4) is 0 Å². The molecule has 26 heavy (non-hydrogen) atoms. The summed E-state index contributed by atoms with van der Waals surface area (Å²) in [7, 11) is 3.35. The van der Waals surface area contributed by atoms with Crippen LogP contribution < -0.4 is 5.32 Å². The van der Waals surface area contributed by atoms with E-state index in [4.69, 9.17) is 4.74 Å². The van der Waals surface area contributed by atoms with E-state index in [9.17, 15) is 18.0 Å². The van der Waals surface area contributed by atoms with Crippen LogP contribution in [0.15, 0.2) is 12.5 Å². The lowest BCUT2D eigenvalue weighted by atomic mass is 10.2. The Bertz CT molecular complexity index is 791. The molecule has 11 heteroatoms. The maximum absolute atomic E-state index is 12.5. The van der Waals surface area contributed by atoms with Gasteiger partial charge in [-0.25, -0.2) is 9.97 Å². The topological polar surface area (TPSA) is 85.2 Å². The number of halogens is 3. The number of alkyl halides is 3. The van der Waals surface area contributed by atoms with Crippen LogP contribution in [0.5, 0.6) is 0 Å². The molecule has 1 aliphatic heterocycles. The minimum atomic E-state index is -4.37. The minimum absolute atomic E-state index is 0.0784. The largest absolute Gasteiger partial charge is 0.408 e. The minimum Gasteiger partial charge on any atom is -0.367 e. The predicted molar refractivity (Wildman–Crippen MR) is 86.5 cm³/mol. The second-order valence-corrected chi connectivity index (χ2v) is 6.34. The van der Waals surface area contributed by atoms with Gasteiger partial charge in [-0.2, -0.15) is 18.3 Å². The quantitative estimate of drug-likeness (QED) is 0.855. The Morgan fingerprint density at radius 2 is 2.15 bits per heavy atom. The third kappa shape index (κ3) is 4.21. The van der Waals surface area contributed by atoms with Crippen LogP contribution >= 0.6 is 0 Å². The van der Waals surface area contributed by atoms with Gasteiger partial charge in [0.2, 0.25) is 0 Å². The summed E-state index contributed by atoms with van der Waals surface area (Å²) in [4.78, 5) is 21.4. The van der Waals surface area contributed by atoms with Crippen molar-refractivity contribution in [2.45, 2.75) is 37.8 Å². The van der Waals surface area contributed by atoms with Gasteiger partial charge in [0.05, 0.1) is 11.5 Å². The van der Waals surface area contributed by atoms with Crippen molar-refractivity contribution in [2.24, 2.45) is 0 Å². The van der Waals surface area contributed by atoms with Crippen LogP contribution in [0.3, 0.4) is 0 Å². The zero-order valence-corrected chi connectivity index (χ0v) is 14.3. The third-order valence-electron chi connectivity index (χ3n) is 4.03. The summed E-state index contributed by atoms with van der Waals surface area (Å²) in [6, 6.07) is 0. The molecule has 1 N–H and O–H groups in total. The second-order valence-electron chi connectivity index (χ2n) is 6.34. The van der Waals surface area contributed by atoms with Gasteiger partial charge in [-0.15, -0.1) is 0 Å². The molecule has 1 fully saturated rings. The highest BCUT2D eigenvalue weighted by molar-refractivity contribution is 5.85. The Labute approximate surface area is 147 Å². The van der Waals surface area contributed by atoms with E-state index in [1.807, 2.05) is 0 Å². The maximum atomic E-state index is 12.5. The molecule has 1 aliphatic rings. The highest BCUT2D eigenvalue weighted by atomic mass is 19.4. The molecule has 2 atom stereocenters. The first-order valence-electron chi connectivity index (χ1n) is 8.08. The summed E-state index contributed by atoms with van der Waals surface area (Å²) in [6.07, 6.45) is -1.17. The molecule has 3 heterocycles. The van der Waals surface area contributed by atoms with Crippen molar-refractivity contribution in [3.05, 3.63) is 12.5 Å².